The van der Waals surface area contributed by atoms with Gasteiger partial charge in [0.05, 0.1) is 10.5 Å². The van der Waals surface area contributed by atoms with Crippen LogP contribution in [0.3, 0.4) is 0 Å². The lowest BCUT2D eigenvalue weighted by atomic mass is 10.2. The van der Waals surface area contributed by atoms with Gasteiger partial charge in [0, 0.05) is 0 Å². The fourth-order valence-corrected chi connectivity index (χ4v) is 2.04. The average Bonchev–Trinajstić information content (AvgIpc) is 2.76. The number of benzene rings is 1. The van der Waals surface area contributed by atoms with E-state index in [1.165, 1.54) is 0 Å². The Morgan fingerprint density at radius 3 is 2.56 bits per heavy atom. The molecule has 0 aliphatic carbocycles. The van der Waals surface area contributed by atoms with Crippen molar-refractivity contribution >= 4 is 28.5 Å². The third-order valence-corrected chi connectivity index (χ3v) is 2.98. The molecule has 0 aliphatic heterocycles. The Bertz CT molecular complexity index is 517. The number of nitro groups is 1. The summed E-state index contributed by atoms with van der Waals surface area (Å²) in [5.74, 6) is 0. The highest BCUT2D eigenvalue weighted by Crippen LogP contribution is 2.27. The fourth-order valence-electron chi connectivity index (χ4n) is 1.34. The number of rotatable bonds is 3. The molecule has 1 aromatic carbocycles. The first-order valence-corrected chi connectivity index (χ1v) is 5.60. The van der Waals surface area contributed by atoms with E-state index >= 15 is 0 Å². The highest BCUT2D eigenvalue weighted by molar-refractivity contribution is 7.13. The topological polar surface area (TPSA) is 43.1 Å². The highest BCUT2D eigenvalue weighted by atomic mass is 32.1. The van der Waals surface area contributed by atoms with Gasteiger partial charge in [-0.05, 0) is 23.1 Å². The number of hydrogen-bond donors (Lipinski definition) is 0. The largest absolute Gasteiger partial charge is 0.331 e. The second-order valence-electron chi connectivity index (χ2n) is 3.18. The van der Waals surface area contributed by atoms with E-state index in [9.17, 15) is 10.1 Å². The Morgan fingerprint density at radius 1 is 1.12 bits per heavy atom. The maximum Gasteiger partial charge on any atom is 0.331 e. The molecule has 0 N–H and O–H groups in total. The van der Waals surface area contributed by atoms with E-state index in [-0.39, 0.29) is 9.92 Å². The van der Waals surface area contributed by atoms with Crippen LogP contribution in [0.15, 0.2) is 41.8 Å². The monoisotopic (exact) mass is 231 g/mol. The molecule has 2 rings (SSSR count). The van der Waals surface area contributed by atoms with E-state index < -0.39 is 0 Å². The molecule has 0 unspecified atom stereocenters. The third kappa shape index (κ3) is 2.35. The quantitative estimate of drug-likeness (QED) is 0.595. The van der Waals surface area contributed by atoms with Crippen molar-refractivity contribution in [3.63, 3.8) is 0 Å². The Balaban J connectivity index is 2.24. The van der Waals surface area contributed by atoms with E-state index in [0.29, 0.717) is 5.56 Å². The summed E-state index contributed by atoms with van der Waals surface area (Å²) in [5, 5.41) is 12.6. The van der Waals surface area contributed by atoms with Gasteiger partial charge in [0.25, 0.3) is 0 Å². The van der Waals surface area contributed by atoms with Crippen LogP contribution in [0.1, 0.15) is 11.1 Å². The smallest absolute Gasteiger partial charge is 0.258 e. The molecule has 0 spiro atoms. The predicted octanol–water partition coefficient (Wildman–Crippen LogP) is 3.83. The van der Waals surface area contributed by atoms with Gasteiger partial charge in [-0.3, -0.25) is 10.1 Å². The number of hydrogen-bond acceptors (Lipinski definition) is 3. The van der Waals surface area contributed by atoms with Gasteiger partial charge in [-0.2, -0.15) is 0 Å². The summed E-state index contributed by atoms with van der Waals surface area (Å²) >= 11 is 1.14. The molecule has 0 atom stereocenters. The lowest BCUT2D eigenvalue weighted by Crippen LogP contribution is -1.85. The van der Waals surface area contributed by atoms with Crippen LogP contribution in [0.5, 0.6) is 0 Å². The lowest BCUT2D eigenvalue weighted by Gasteiger charge is -1.91. The van der Waals surface area contributed by atoms with Crippen LogP contribution in [-0.2, 0) is 0 Å². The summed E-state index contributed by atoms with van der Waals surface area (Å²) in [6.07, 6.45) is 3.64. The zero-order valence-electron chi connectivity index (χ0n) is 8.37. The summed E-state index contributed by atoms with van der Waals surface area (Å²) in [5.41, 5.74) is 1.68. The molecule has 0 saturated heterocycles. The Hall–Kier alpha value is -1.94. The van der Waals surface area contributed by atoms with Crippen LogP contribution in [-0.4, -0.2) is 4.92 Å². The van der Waals surface area contributed by atoms with Crippen molar-refractivity contribution in [1.82, 2.24) is 0 Å². The third-order valence-electron chi connectivity index (χ3n) is 2.09. The van der Waals surface area contributed by atoms with Crippen LogP contribution >= 0.6 is 11.3 Å². The number of thiophene rings is 1. The maximum absolute atomic E-state index is 10.7. The SMILES string of the molecule is O=[N+]([O-])c1sccc1/C=C/c1ccccc1. The summed E-state index contributed by atoms with van der Waals surface area (Å²) in [7, 11) is 0. The van der Waals surface area contributed by atoms with Crippen LogP contribution in [0.2, 0.25) is 0 Å². The molecule has 3 nitrogen and oxygen atoms in total. The molecule has 16 heavy (non-hydrogen) atoms. The summed E-state index contributed by atoms with van der Waals surface area (Å²) in [6.45, 7) is 0. The second kappa shape index (κ2) is 4.72. The van der Waals surface area contributed by atoms with Crippen molar-refractivity contribution < 1.29 is 4.92 Å². The minimum Gasteiger partial charge on any atom is -0.258 e. The molecular weight excluding hydrogens is 222 g/mol. The van der Waals surface area contributed by atoms with E-state index in [1.54, 1.807) is 17.5 Å². The van der Waals surface area contributed by atoms with Crippen molar-refractivity contribution in [2.24, 2.45) is 0 Å². The van der Waals surface area contributed by atoms with Gasteiger partial charge in [0.1, 0.15) is 0 Å². The normalized spacial score (nSPS) is 10.8. The number of nitrogens with zero attached hydrogens (tertiary/aromatic N) is 1. The lowest BCUT2D eigenvalue weighted by molar-refractivity contribution is -0.380. The van der Waals surface area contributed by atoms with Crippen molar-refractivity contribution in [3.05, 3.63) is 63.0 Å². The van der Waals surface area contributed by atoms with E-state index in [0.717, 1.165) is 16.9 Å². The first-order valence-electron chi connectivity index (χ1n) is 4.72. The van der Waals surface area contributed by atoms with Gasteiger partial charge in [0.15, 0.2) is 0 Å². The van der Waals surface area contributed by atoms with Gasteiger partial charge in [0.2, 0.25) is 0 Å². The first kappa shape index (κ1) is 10.6. The van der Waals surface area contributed by atoms with Crippen LogP contribution in [0.25, 0.3) is 12.2 Å². The Labute approximate surface area is 96.8 Å². The van der Waals surface area contributed by atoms with Gasteiger partial charge >= 0.3 is 5.00 Å². The zero-order chi connectivity index (χ0) is 11.4. The zero-order valence-corrected chi connectivity index (χ0v) is 9.18. The molecular formula is C12H9NO2S. The van der Waals surface area contributed by atoms with Crippen molar-refractivity contribution in [2.75, 3.05) is 0 Å². The molecule has 0 fully saturated rings. The average molecular weight is 231 g/mol. The molecule has 0 aliphatic rings. The summed E-state index contributed by atoms with van der Waals surface area (Å²) in [4.78, 5) is 10.3. The molecule has 4 heteroatoms. The first-order chi connectivity index (χ1) is 7.77. The van der Waals surface area contributed by atoms with Crippen LogP contribution < -0.4 is 0 Å². The molecule has 80 valence electrons. The minimum atomic E-state index is -0.352. The van der Waals surface area contributed by atoms with Crippen molar-refractivity contribution in [3.8, 4) is 0 Å². The molecule has 0 saturated carbocycles. The summed E-state index contributed by atoms with van der Waals surface area (Å²) < 4.78 is 0. The molecule has 1 aromatic heterocycles. The van der Waals surface area contributed by atoms with Gasteiger partial charge < -0.3 is 0 Å². The van der Waals surface area contributed by atoms with Crippen LogP contribution in [0, 0.1) is 10.1 Å². The molecule has 0 radical (unpaired) electrons. The van der Waals surface area contributed by atoms with E-state index in [4.69, 9.17) is 0 Å². The maximum atomic E-state index is 10.7. The molecule has 0 bridgehead atoms. The highest BCUT2D eigenvalue weighted by Gasteiger charge is 2.11. The fraction of sp³-hybridized carbons (Fsp3) is 0. The Kier molecular flexibility index (Phi) is 3.12. The molecule has 0 amide bonds. The predicted molar refractivity (Wildman–Crippen MR) is 66.3 cm³/mol. The van der Waals surface area contributed by atoms with Crippen molar-refractivity contribution in [2.45, 2.75) is 0 Å². The van der Waals surface area contributed by atoms with Gasteiger partial charge in [-0.1, -0.05) is 47.7 Å². The van der Waals surface area contributed by atoms with Gasteiger partial charge in [-0.15, -0.1) is 0 Å². The molecule has 1 heterocycles. The standard InChI is InChI=1S/C12H9NO2S/c14-13(15)12-11(8-9-16-12)7-6-10-4-2-1-3-5-10/h1-9H/b7-6+. The van der Waals surface area contributed by atoms with E-state index in [2.05, 4.69) is 0 Å². The summed E-state index contributed by atoms with van der Waals surface area (Å²) in [6, 6.07) is 11.5. The van der Waals surface area contributed by atoms with Gasteiger partial charge in [-0.25, -0.2) is 0 Å². The van der Waals surface area contributed by atoms with Crippen LogP contribution in [0.4, 0.5) is 5.00 Å². The van der Waals surface area contributed by atoms with E-state index in [1.807, 2.05) is 36.4 Å². The minimum absolute atomic E-state index is 0.187. The van der Waals surface area contributed by atoms with Crippen molar-refractivity contribution in [1.29, 1.82) is 0 Å². The Morgan fingerprint density at radius 2 is 1.88 bits per heavy atom. The second-order valence-corrected chi connectivity index (χ2v) is 4.08. The molecule has 2 aromatic rings.